The molecule has 70 valence electrons. The minimum atomic E-state index is -0.0184. The molecule has 0 aromatic heterocycles. The van der Waals surface area contributed by atoms with Crippen LogP contribution in [0.3, 0.4) is 0 Å². The third kappa shape index (κ3) is 3.09. The SMILES string of the molecule is CC(N)/C=C/c1ccc(Cl)cc1O. The van der Waals surface area contributed by atoms with Crippen LogP contribution in [0.5, 0.6) is 5.75 Å². The Labute approximate surface area is 82.6 Å². The Bertz CT molecular complexity index is 321. The van der Waals surface area contributed by atoms with Gasteiger partial charge in [0.15, 0.2) is 0 Å². The van der Waals surface area contributed by atoms with Gasteiger partial charge in [-0.3, -0.25) is 0 Å². The summed E-state index contributed by atoms with van der Waals surface area (Å²) in [6.45, 7) is 1.86. The largest absolute Gasteiger partial charge is 0.507 e. The highest BCUT2D eigenvalue weighted by Crippen LogP contribution is 2.22. The van der Waals surface area contributed by atoms with Gasteiger partial charge >= 0.3 is 0 Å². The van der Waals surface area contributed by atoms with Gasteiger partial charge in [0.25, 0.3) is 0 Å². The maximum absolute atomic E-state index is 9.43. The number of halogens is 1. The molecule has 0 aliphatic heterocycles. The lowest BCUT2D eigenvalue weighted by Crippen LogP contribution is -2.09. The van der Waals surface area contributed by atoms with E-state index in [-0.39, 0.29) is 11.8 Å². The topological polar surface area (TPSA) is 46.2 Å². The monoisotopic (exact) mass is 197 g/mol. The summed E-state index contributed by atoms with van der Waals surface area (Å²) in [5.41, 5.74) is 6.25. The van der Waals surface area contributed by atoms with Crippen LogP contribution in [0.4, 0.5) is 0 Å². The number of phenolic OH excluding ortho intramolecular Hbond substituents is 1. The van der Waals surface area contributed by atoms with E-state index in [1.165, 1.54) is 6.07 Å². The number of phenols is 1. The minimum absolute atomic E-state index is 0.0184. The zero-order chi connectivity index (χ0) is 9.84. The number of hydrogen-bond acceptors (Lipinski definition) is 2. The van der Waals surface area contributed by atoms with E-state index < -0.39 is 0 Å². The van der Waals surface area contributed by atoms with Gasteiger partial charge in [-0.1, -0.05) is 23.8 Å². The summed E-state index contributed by atoms with van der Waals surface area (Å²) < 4.78 is 0. The standard InChI is InChI=1S/C10H12ClNO/c1-7(12)2-3-8-4-5-9(11)6-10(8)13/h2-7,13H,12H2,1H3/b3-2+. The van der Waals surface area contributed by atoms with Gasteiger partial charge < -0.3 is 10.8 Å². The Morgan fingerprint density at radius 2 is 2.23 bits per heavy atom. The van der Waals surface area contributed by atoms with Crippen molar-refractivity contribution in [3.8, 4) is 5.75 Å². The van der Waals surface area contributed by atoms with Gasteiger partial charge in [0, 0.05) is 16.6 Å². The van der Waals surface area contributed by atoms with Gasteiger partial charge in [-0.2, -0.15) is 0 Å². The van der Waals surface area contributed by atoms with Gasteiger partial charge in [0.1, 0.15) is 5.75 Å². The molecular weight excluding hydrogens is 186 g/mol. The molecule has 2 nitrogen and oxygen atoms in total. The molecule has 3 heteroatoms. The first-order valence-corrected chi connectivity index (χ1v) is 4.39. The summed E-state index contributed by atoms with van der Waals surface area (Å²) in [7, 11) is 0. The highest BCUT2D eigenvalue weighted by Gasteiger charge is 1.97. The molecular formula is C10H12ClNO. The highest BCUT2D eigenvalue weighted by atomic mass is 35.5. The first-order valence-electron chi connectivity index (χ1n) is 4.02. The molecule has 0 aliphatic rings. The van der Waals surface area contributed by atoms with Crippen molar-refractivity contribution in [3.05, 3.63) is 34.9 Å². The molecule has 0 saturated carbocycles. The lowest BCUT2D eigenvalue weighted by molar-refractivity contribution is 0.474. The third-order valence-electron chi connectivity index (χ3n) is 1.57. The van der Waals surface area contributed by atoms with Crippen LogP contribution in [0.2, 0.25) is 5.02 Å². The normalized spacial score (nSPS) is 13.5. The zero-order valence-corrected chi connectivity index (χ0v) is 8.12. The number of benzene rings is 1. The molecule has 3 N–H and O–H groups in total. The molecule has 1 rings (SSSR count). The van der Waals surface area contributed by atoms with Crippen molar-refractivity contribution in [3.63, 3.8) is 0 Å². The van der Waals surface area contributed by atoms with Crippen molar-refractivity contribution in [2.45, 2.75) is 13.0 Å². The van der Waals surface area contributed by atoms with Crippen molar-refractivity contribution < 1.29 is 5.11 Å². The number of hydrogen-bond donors (Lipinski definition) is 2. The summed E-state index contributed by atoms with van der Waals surface area (Å²) in [6, 6.07) is 4.95. The van der Waals surface area contributed by atoms with E-state index in [2.05, 4.69) is 0 Å². The van der Waals surface area contributed by atoms with E-state index in [0.717, 1.165) is 5.56 Å². The Hall–Kier alpha value is -0.990. The average Bonchev–Trinajstić information content (AvgIpc) is 2.02. The summed E-state index contributed by atoms with van der Waals surface area (Å²) in [5.74, 6) is 0.171. The molecule has 0 aliphatic carbocycles. The molecule has 1 aromatic rings. The van der Waals surface area contributed by atoms with Crippen molar-refractivity contribution in [2.24, 2.45) is 5.73 Å². The Morgan fingerprint density at radius 3 is 2.77 bits per heavy atom. The van der Waals surface area contributed by atoms with E-state index in [9.17, 15) is 5.11 Å². The zero-order valence-electron chi connectivity index (χ0n) is 7.37. The first-order chi connectivity index (χ1) is 6.09. The van der Waals surface area contributed by atoms with Crippen LogP contribution in [-0.4, -0.2) is 11.1 Å². The van der Waals surface area contributed by atoms with Crippen molar-refractivity contribution >= 4 is 17.7 Å². The number of aromatic hydroxyl groups is 1. The molecule has 1 aromatic carbocycles. The van der Waals surface area contributed by atoms with E-state index in [1.54, 1.807) is 18.2 Å². The molecule has 0 bridgehead atoms. The Kier molecular flexibility index (Phi) is 3.34. The fourth-order valence-corrected chi connectivity index (χ4v) is 1.08. The molecule has 0 spiro atoms. The second kappa shape index (κ2) is 4.30. The molecule has 0 fully saturated rings. The van der Waals surface area contributed by atoms with Crippen LogP contribution in [0, 0.1) is 0 Å². The molecule has 0 heterocycles. The minimum Gasteiger partial charge on any atom is -0.507 e. The summed E-state index contributed by atoms with van der Waals surface area (Å²) >= 11 is 5.67. The van der Waals surface area contributed by atoms with Crippen LogP contribution >= 0.6 is 11.6 Å². The third-order valence-corrected chi connectivity index (χ3v) is 1.81. The van der Waals surface area contributed by atoms with Crippen LogP contribution in [-0.2, 0) is 0 Å². The number of nitrogens with two attached hydrogens (primary N) is 1. The quantitative estimate of drug-likeness (QED) is 0.765. The summed E-state index contributed by atoms with van der Waals surface area (Å²) in [4.78, 5) is 0. The molecule has 0 amide bonds. The van der Waals surface area contributed by atoms with Crippen LogP contribution < -0.4 is 5.73 Å². The Balaban J connectivity index is 2.90. The van der Waals surface area contributed by atoms with E-state index in [1.807, 2.05) is 13.0 Å². The van der Waals surface area contributed by atoms with Crippen molar-refractivity contribution in [1.82, 2.24) is 0 Å². The molecule has 0 radical (unpaired) electrons. The Morgan fingerprint density at radius 1 is 1.54 bits per heavy atom. The lowest BCUT2D eigenvalue weighted by Gasteiger charge is -2.00. The first kappa shape index (κ1) is 10.1. The molecule has 1 unspecified atom stereocenters. The predicted octanol–water partition coefficient (Wildman–Crippen LogP) is 2.41. The second-order valence-corrected chi connectivity index (χ2v) is 3.36. The van der Waals surface area contributed by atoms with Crippen LogP contribution in [0.15, 0.2) is 24.3 Å². The van der Waals surface area contributed by atoms with Gasteiger partial charge in [-0.15, -0.1) is 0 Å². The summed E-state index contributed by atoms with van der Waals surface area (Å²) in [6.07, 6.45) is 3.58. The van der Waals surface area contributed by atoms with Gasteiger partial charge in [-0.05, 0) is 25.1 Å². The average molecular weight is 198 g/mol. The smallest absolute Gasteiger partial charge is 0.124 e. The maximum Gasteiger partial charge on any atom is 0.124 e. The van der Waals surface area contributed by atoms with E-state index >= 15 is 0 Å². The van der Waals surface area contributed by atoms with Gasteiger partial charge in [0.05, 0.1) is 0 Å². The van der Waals surface area contributed by atoms with Crippen molar-refractivity contribution in [2.75, 3.05) is 0 Å². The molecule has 13 heavy (non-hydrogen) atoms. The summed E-state index contributed by atoms with van der Waals surface area (Å²) in [5, 5.41) is 9.95. The van der Waals surface area contributed by atoms with E-state index in [4.69, 9.17) is 17.3 Å². The van der Waals surface area contributed by atoms with Crippen LogP contribution in [0.1, 0.15) is 12.5 Å². The van der Waals surface area contributed by atoms with E-state index in [0.29, 0.717) is 5.02 Å². The van der Waals surface area contributed by atoms with Crippen molar-refractivity contribution in [1.29, 1.82) is 0 Å². The molecule has 0 saturated heterocycles. The second-order valence-electron chi connectivity index (χ2n) is 2.92. The fourth-order valence-electron chi connectivity index (χ4n) is 0.913. The van der Waals surface area contributed by atoms with Crippen LogP contribution in [0.25, 0.3) is 6.08 Å². The molecule has 1 atom stereocenters. The fraction of sp³-hybridized carbons (Fsp3) is 0.200. The maximum atomic E-state index is 9.43. The lowest BCUT2D eigenvalue weighted by atomic mass is 10.1. The highest BCUT2D eigenvalue weighted by molar-refractivity contribution is 6.30. The predicted molar refractivity (Wildman–Crippen MR) is 55.8 cm³/mol. The van der Waals surface area contributed by atoms with Gasteiger partial charge in [0.2, 0.25) is 0 Å². The number of rotatable bonds is 2. The van der Waals surface area contributed by atoms with Gasteiger partial charge in [-0.25, -0.2) is 0 Å².